The topological polar surface area (TPSA) is 64.7 Å². The molecule has 0 unspecified atom stereocenters. The van der Waals surface area contributed by atoms with Crippen LogP contribution in [0, 0.1) is 0 Å². The molecule has 6 heteroatoms. The number of nitrogens with one attached hydrogen (secondary N) is 1. The first-order chi connectivity index (χ1) is 9.17. The molecule has 6 nitrogen and oxygen atoms in total. The average molecular weight is 261 g/mol. The molecular weight excluding hydrogens is 242 g/mol. The first kappa shape index (κ1) is 13.3. The lowest BCUT2D eigenvalue weighted by atomic mass is 10.2. The molecule has 2 aromatic heterocycles. The maximum atomic E-state index is 12.2. The maximum Gasteiger partial charge on any atom is 0.268 e. The predicted molar refractivity (Wildman–Crippen MR) is 71.6 cm³/mol. The molecule has 2 aromatic rings. The molecule has 0 fully saturated rings. The molecule has 0 aromatic carbocycles. The number of rotatable bonds is 5. The molecule has 0 radical (unpaired) electrons. The predicted octanol–water partition coefficient (Wildman–Crippen LogP) is 1.52. The highest BCUT2D eigenvalue weighted by Gasteiger charge is 2.19. The Bertz CT molecular complexity index is 557. The average Bonchev–Trinajstić information content (AvgIpc) is 3.03. The van der Waals surface area contributed by atoms with Crippen LogP contribution in [0.25, 0.3) is 0 Å². The van der Waals surface area contributed by atoms with Crippen LogP contribution < -0.4 is 5.32 Å². The molecule has 0 saturated heterocycles. The van der Waals surface area contributed by atoms with Gasteiger partial charge in [-0.15, -0.1) is 0 Å². The van der Waals surface area contributed by atoms with Gasteiger partial charge in [0.15, 0.2) is 0 Å². The minimum Gasteiger partial charge on any atom is -0.347 e. The van der Waals surface area contributed by atoms with Gasteiger partial charge in [0.05, 0.1) is 6.04 Å². The molecule has 2 heterocycles. The normalized spacial score (nSPS) is 12.4. The summed E-state index contributed by atoms with van der Waals surface area (Å²) in [6.07, 6.45) is 4.15. The first-order valence-corrected chi connectivity index (χ1v) is 6.47. The second-order valence-electron chi connectivity index (χ2n) is 4.37. The fourth-order valence-electron chi connectivity index (χ4n) is 2.06. The summed E-state index contributed by atoms with van der Waals surface area (Å²) >= 11 is 0. The molecule has 0 spiro atoms. The van der Waals surface area contributed by atoms with Crippen LogP contribution in [0.3, 0.4) is 0 Å². The van der Waals surface area contributed by atoms with Gasteiger partial charge in [0.2, 0.25) is 0 Å². The van der Waals surface area contributed by atoms with Crippen molar-refractivity contribution in [2.45, 2.75) is 32.9 Å². The Labute approximate surface area is 112 Å². The zero-order chi connectivity index (χ0) is 13.8. The third-order valence-corrected chi connectivity index (χ3v) is 3.15. The monoisotopic (exact) mass is 261 g/mol. The molecule has 0 aliphatic rings. The number of aromatic nitrogens is 4. The van der Waals surface area contributed by atoms with E-state index in [9.17, 15) is 4.79 Å². The van der Waals surface area contributed by atoms with Gasteiger partial charge in [-0.1, -0.05) is 6.92 Å². The Kier molecular flexibility index (Phi) is 3.99. The van der Waals surface area contributed by atoms with E-state index in [4.69, 9.17) is 0 Å². The van der Waals surface area contributed by atoms with E-state index >= 15 is 0 Å². The summed E-state index contributed by atoms with van der Waals surface area (Å²) in [5, 5.41) is 7.14. The summed E-state index contributed by atoms with van der Waals surface area (Å²) in [5.41, 5.74) is 0.640. The van der Waals surface area contributed by atoms with Crippen LogP contribution in [0.1, 0.15) is 42.6 Å². The Balaban J connectivity index is 2.16. The molecule has 0 aliphatic carbocycles. The molecule has 0 aliphatic heterocycles. The lowest BCUT2D eigenvalue weighted by Crippen LogP contribution is -2.31. The molecule has 1 N–H and O–H groups in total. The smallest absolute Gasteiger partial charge is 0.268 e. The molecule has 1 amide bonds. The van der Waals surface area contributed by atoms with E-state index in [1.165, 1.54) is 6.33 Å². The Hall–Kier alpha value is -2.11. The number of carbonyl (C=O) groups is 1. The minimum absolute atomic E-state index is 0.0926. The van der Waals surface area contributed by atoms with Crippen molar-refractivity contribution in [3.63, 3.8) is 0 Å². The van der Waals surface area contributed by atoms with Crippen LogP contribution in [0.15, 0.2) is 24.7 Å². The van der Waals surface area contributed by atoms with E-state index in [1.807, 2.05) is 33.2 Å². The molecule has 1 atom stereocenters. The van der Waals surface area contributed by atoms with Crippen molar-refractivity contribution in [1.29, 1.82) is 0 Å². The zero-order valence-corrected chi connectivity index (χ0v) is 11.5. The molecular formula is C13H19N5O. The van der Waals surface area contributed by atoms with Crippen LogP contribution in [0.5, 0.6) is 0 Å². The number of amides is 1. The van der Waals surface area contributed by atoms with Crippen LogP contribution in [0.4, 0.5) is 0 Å². The highest BCUT2D eigenvalue weighted by molar-refractivity contribution is 5.92. The largest absolute Gasteiger partial charge is 0.347 e. The number of hydrogen-bond donors (Lipinski definition) is 1. The molecule has 102 valence electrons. The van der Waals surface area contributed by atoms with E-state index < -0.39 is 0 Å². The maximum absolute atomic E-state index is 12.2. The number of hydrogen-bond acceptors (Lipinski definition) is 3. The van der Waals surface area contributed by atoms with E-state index in [0.717, 1.165) is 18.8 Å². The van der Waals surface area contributed by atoms with Crippen LogP contribution >= 0.6 is 0 Å². The van der Waals surface area contributed by atoms with Gasteiger partial charge >= 0.3 is 0 Å². The van der Waals surface area contributed by atoms with Gasteiger partial charge in [-0.05, 0) is 25.5 Å². The van der Waals surface area contributed by atoms with Crippen LogP contribution in [-0.4, -0.2) is 25.2 Å². The van der Waals surface area contributed by atoms with E-state index in [-0.39, 0.29) is 11.9 Å². The molecule has 0 saturated carbocycles. The number of carbonyl (C=O) groups excluding carboxylic acids is 1. The quantitative estimate of drug-likeness (QED) is 0.887. The van der Waals surface area contributed by atoms with Crippen LogP contribution in [-0.2, 0) is 13.6 Å². The van der Waals surface area contributed by atoms with Crippen molar-refractivity contribution in [2.75, 3.05) is 0 Å². The third kappa shape index (κ3) is 2.67. The SMILES string of the molecule is CC[C@H](NC(=O)c1cccn1C)c1ncnn1CC. The first-order valence-electron chi connectivity index (χ1n) is 6.47. The fourth-order valence-corrected chi connectivity index (χ4v) is 2.06. The summed E-state index contributed by atoms with van der Waals surface area (Å²) in [6.45, 7) is 4.76. The summed E-state index contributed by atoms with van der Waals surface area (Å²) in [4.78, 5) is 16.4. The fraction of sp³-hybridized carbons (Fsp3) is 0.462. The summed E-state index contributed by atoms with van der Waals surface area (Å²) in [5.74, 6) is 0.706. The van der Waals surface area contributed by atoms with Gasteiger partial charge in [-0.25, -0.2) is 9.67 Å². The van der Waals surface area contributed by atoms with Gasteiger partial charge in [0, 0.05) is 19.8 Å². The lowest BCUT2D eigenvalue weighted by Gasteiger charge is -2.17. The van der Waals surface area contributed by atoms with Crippen molar-refractivity contribution in [3.8, 4) is 0 Å². The third-order valence-electron chi connectivity index (χ3n) is 3.15. The summed E-state index contributed by atoms with van der Waals surface area (Å²) in [6, 6.07) is 3.53. The zero-order valence-electron chi connectivity index (χ0n) is 11.5. The molecule has 2 rings (SSSR count). The Morgan fingerprint density at radius 1 is 1.47 bits per heavy atom. The van der Waals surface area contributed by atoms with Crippen molar-refractivity contribution in [1.82, 2.24) is 24.6 Å². The van der Waals surface area contributed by atoms with E-state index in [2.05, 4.69) is 15.4 Å². The van der Waals surface area contributed by atoms with Gasteiger partial charge in [0.1, 0.15) is 17.8 Å². The van der Waals surface area contributed by atoms with Gasteiger partial charge in [0.25, 0.3) is 5.91 Å². The standard InChI is InChI=1S/C13H19N5O/c1-4-10(12-14-9-15-18(12)5-2)16-13(19)11-7-6-8-17(11)3/h6-10H,4-5H2,1-3H3,(H,16,19)/t10-/m0/s1. The van der Waals surface area contributed by atoms with E-state index in [0.29, 0.717) is 5.69 Å². The van der Waals surface area contributed by atoms with Crippen molar-refractivity contribution >= 4 is 5.91 Å². The number of aryl methyl sites for hydroxylation is 2. The Morgan fingerprint density at radius 3 is 2.84 bits per heavy atom. The number of nitrogens with zero attached hydrogens (tertiary/aromatic N) is 4. The van der Waals surface area contributed by atoms with Gasteiger partial charge in [-0.3, -0.25) is 4.79 Å². The summed E-state index contributed by atoms with van der Waals surface area (Å²) < 4.78 is 3.60. The van der Waals surface area contributed by atoms with Crippen molar-refractivity contribution in [2.24, 2.45) is 7.05 Å². The molecule has 19 heavy (non-hydrogen) atoms. The van der Waals surface area contributed by atoms with Crippen molar-refractivity contribution in [3.05, 3.63) is 36.2 Å². The Morgan fingerprint density at radius 2 is 2.26 bits per heavy atom. The highest BCUT2D eigenvalue weighted by Crippen LogP contribution is 2.14. The van der Waals surface area contributed by atoms with Gasteiger partial charge in [-0.2, -0.15) is 5.10 Å². The lowest BCUT2D eigenvalue weighted by molar-refractivity contribution is 0.0924. The van der Waals surface area contributed by atoms with E-state index in [1.54, 1.807) is 15.3 Å². The van der Waals surface area contributed by atoms with Crippen LogP contribution in [0.2, 0.25) is 0 Å². The second kappa shape index (κ2) is 5.69. The minimum atomic E-state index is -0.121. The highest BCUT2D eigenvalue weighted by atomic mass is 16.2. The van der Waals surface area contributed by atoms with Gasteiger partial charge < -0.3 is 9.88 Å². The second-order valence-corrected chi connectivity index (χ2v) is 4.37. The van der Waals surface area contributed by atoms with Crippen molar-refractivity contribution < 1.29 is 4.79 Å². The summed E-state index contributed by atoms with van der Waals surface area (Å²) in [7, 11) is 1.85. The molecule has 0 bridgehead atoms.